The number of esters is 1. The third kappa shape index (κ3) is 5.70. The number of nitrogens with one attached hydrogen (secondary N) is 1. The van der Waals surface area contributed by atoms with Gasteiger partial charge in [0.2, 0.25) is 5.89 Å². The van der Waals surface area contributed by atoms with Crippen molar-refractivity contribution in [2.24, 2.45) is 0 Å². The monoisotopic (exact) mass is 481 g/mol. The van der Waals surface area contributed by atoms with Crippen molar-refractivity contribution in [2.45, 2.75) is 51.0 Å². The van der Waals surface area contributed by atoms with E-state index in [-0.39, 0.29) is 24.0 Å². The Kier molecular flexibility index (Phi) is 8.32. The average Bonchev–Trinajstić information content (AvgIpc) is 3.19. The fourth-order valence-electron chi connectivity index (χ4n) is 3.49. The van der Waals surface area contributed by atoms with Crippen molar-refractivity contribution < 1.29 is 29.0 Å². The van der Waals surface area contributed by atoms with E-state index in [0.29, 0.717) is 64.3 Å². The number of ether oxygens (including phenoxy) is 2. The second-order valence-electron chi connectivity index (χ2n) is 7.49. The van der Waals surface area contributed by atoms with Gasteiger partial charge in [0.05, 0.1) is 24.3 Å². The number of phenolic OH excluding ortho intramolecular Hbond substituents is 1. The van der Waals surface area contributed by atoms with E-state index in [1.165, 1.54) is 24.9 Å². The van der Waals surface area contributed by atoms with Crippen LogP contribution < -0.4 is 10.1 Å². The van der Waals surface area contributed by atoms with Crippen LogP contribution >= 0.6 is 24.0 Å². The molecule has 1 aromatic carbocycles. The zero-order chi connectivity index (χ0) is 23.3. The highest BCUT2D eigenvalue weighted by molar-refractivity contribution is 7.98. The molecule has 0 bridgehead atoms. The predicted molar refractivity (Wildman–Crippen MR) is 123 cm³/mol. The molecule has 32 heavy (non-hydrogen) atoms. The first-order chi connectivity index (χ1) is 15.3. The number of methoxy groups -OCH3 is 1. The molecular weight excluding hydrogens is 454 g/mol. The number of aryl methyl sites for hydroxylation is 1. The molecule has 2 unspecified atom stereocenters. The van der Waals surface area contributed by atoms with E-state index in [9.17, 15) is 15.0 Å². The Morgan fingerprint density at radius 3 is 2.84 bits per heavy atom. The SMILES string of the molecule is COc1cc(O)c2c(c1C)C(=O)OC(CO)CCCC(=S)NC(c1nc(C)no1)CSC2. The number of carbonyl (C=O) groups excluding carboxylic acids is 1. The van der Waals surface area contributed by atoms with E-state index in [4.69, 9.17) is 26.2 Å². The number of nitrogens with zero attached hydrogens (tertiary/aromatic N) is 2. The Labute approximate surface area is 195 Å². The number of thiocarbonyl (C=S) groups is 1. The Morgan fingerprint density at radius 1 is 1.41 bits per heavy atom. The number of carbonyl (C=O) groups is 1. The van der Waals surface area contributed by atoms with Crippen LogP contribution in [0.3, 0.4) is 0 Å². The molecule has 0 amide bonds. The third-order valence-electron chi connectivity index (χ3n) is 5.16. The molecule has 174 valence electrons. The molecule has 11 heteroatoms. The Morgan fingerprint density at radius 2 is 2.19 bits per heavy atom. The van der Waals surface area contributed by atoms with Gasteiger partial charge in [-0.2, -0.15) is 16.7 Å². The van der Waals surface area contributed by atoms with Crippen LogP contribution in [0.25, 0.3) is 0 Å². The van der Waals surface area contributed by atoms with E-state index >= 15 is 0 Å². The maximum atomic E-state index is 13.1. The van der Waals surface area contributed by atoms with Crippen LogP contribution in [0.1, 0.15) is 58.5 Å². The minimum atomic E-state index is -0.684. The number of aliphatic hydroxyl groups is 1. The normalized spacial score (nSPS) is 20.6. The molecule has 1 aromatic heterocycles. The van der Waals surface area contributed by atoms with Crippen LogP contribution in [0.4, 0.5) is 0 Å². The molecule has 3 N–H and O–H groups in total. The number of hydrogen-bond acceptors (Lipinski definition) is 10. The lowest BCUT2D eigenvalue weighted by Gasteiger charge is -2.22. The number of hydrogen-bond donors (Lipinski definition) is 3. The highest BCUT2D eigenvalue weighted by atomic mass is 32.2. The van der Waals surface area contributed by atoms with E-state index in [1.807, 2.05) is 0 Å². The fourth-order valence-corrected chi connectivity index (χ4v) is 4.86. The van der Waals surface area contributed by atoms with Gasteiger partial charge < -0.3 is 29.5 Å². The molecule has 0 saturated carbocycles. The van der Waals surface area contributed by atoms with Crippen molar-refractivity contribution in [3.05, 3.63) is 34.5 Å². The molecule has 3 rings (SSSR count). The van der Waals surface area contributed by atoms with Gasteiger partial charge in [0, 0.05) is 28.7 Å². The van der Waals surface area contributed by atoms with Gasteiger partial charge >= 0.3 is 5.97 Å². The first-order valence-electron chi connectivity index (χ1n) is 10.2. The topological polar surface area (TPSA) is 127 Å². The zero-order valence-electron chi connectivity index (χ0n) is 18.2. The molecule has 1 aliphatic rings. The van der Waals surface area contributed by atoms with Crippen LogP contribution in [0.2, 0.25) is 0 Å². The number of phenols is 1. The van der Waals surface area contributed by atoms with E-state index in [1.54, 1.807) is 13.8 Å². The Balaban J connectivity index is 1.96. The van der Waals surface area contributed by atoms with Gasteiger partial charge in [0.15, 0.2) is 5.82 Å². The maximum absolute atomic E-state index is 13.1. The maximum Gasteiger partial charge on any atom is 0.339 e. The van der Waals surface area contributed by atoms with Gasteiger partial charge in [-0.1, -0.05) is 17.4 Å². The lowest BCUT2D eigenvalue weighted by Crippen LogP contribution is -2.30. The molecule has 1 aliphatic heterocycles. The van der Waals surface area contributed by atoms with Crippen molar-refractivity contribution in [1.82, 2.24) is 15.5 Å². The van der Waals surface area contributed by atoms with Gasteiger partial charge in [-0.05, 0) is 33.1 Å². The molecule has 2 aromatic rings. The van der Waals surface area contributed by atoms with Gasteiger partial charge in [-0.3, -0.25) is 0 Å². The van der Waals surface area contributed by atoms with Crippen LogP contribution in [-0.2, 0) is 10.5 Å². The van der Waals surface area contributed by atoms with Crippen molar-refractivity contribution in [1.29, 1.82) is 0 Å². The van der Waals surface area contributed by atoms with Crippen molar-refractivity contribution >= 4 is 34.9 Å². The molecule has 0 saturated heterocycles. The zero-order valence-corrected chi connectivity index (χ0v) is 19.8. The van der Waals surface area contributed by atoms with E-state index in [2.05, 4.69) is 15.5 Å². The molecule has 2 heterocycles. The first-order valence-corrected chi connectivity index (χ1v) is 11.8. The number of cyclic esters (lactones) is 1. The largest absolute Gasteiger partial charge is 0.507 e. The summed E-state index contributed by atoms with van der Waals surface area (Å²) < 4.78 is 16.2. The quantitative estimate of drug-likeness (QED) is 0.442. The van der Waals surface area contributed by atoms with Gasteiger partial charge in [-0.25, -0.2) is 4.79 Å². The molecule has 0 aliphatic carbocycles. The van der Waals surface area contributed by atoms with E-state index < -0.39 is 12.1 Å². The summed E-state index contributed by atoms with van der Waals surface area (Å²) in [5, 5.41) is 27.5. The summed E-state index contributed by atoms with van der Waals surface area (Å²) in [6.07, 6.45) is 0.924. The first kappa shape index (κ1) is 24.3. The number of fused-ring (bicyclic) bond motifs is 1. The van der Waals surface area contributed by atoms with Crippen LogP contribution in [0.15, 0.2) is 10.6 Å². The number of aliphatic hydroxyl groups excluding tert-OH is 1. The minimum absolute atomic E-state index is 0.0618. The smallest absolute Gasteiger partial charge is 0.339 e. The number of benzene rings is 1. The van der Waals surface area contributed by atoms with Crippen molar-refractivity contribution in [2.75, 3.05) is 19.5 Å². The van der Waals surface area contributed by atoms with Gasteiger partial charge in [-0.15, -0.1) is 0 Å². The summed E-state index contributed by atoms with van der Waals surface area (Å²) >= 11 is 6.95. The second-order valence-corrected chi connectivity index (χ2v) is 9.02. The standard InChI is InChI=1S/C21H27N3O6S2/c1-11-17(28-3)7-16(26)14-9-32-10-15(20-22-12(2)24-30-20)23-18(31)6-4-5-13(8-25)29-21(27)19(11)14/h7,13,15,25-26H,4-6,8-10H2,1-3H3,(H,23,31). The Bertz CT molecular complexity index is 981. The second kappa shape index (κ2) is 11.0. The highest BCUT2D eigenvalue weighted by Gasteiger charge is 2.27. The lowest BCUT2D eigenvalue weighted by atomic mass is 10.0. The van der Waals surface area contributed by atoms with E-state index in [0.717, 1.165) is 0 Å². The minimum Gasteiger partial charge on any atom is -0.507 e. The summed E-state index contributed by atoms with van der Waals surface area (Å²) in [7, 11) is 1.47. The van der Waals surface area contributed by atoms with Crippen molar-refractivity contribution in [3.8, 4) is 11.5 Å². The van der Waals surface area contributed by atoms with Crippen LogP contribution in [-0.4, -0.2) is 56.9 Å². The Hall–Kier alpha value is -2.37. The summed E-state index contributed by atoms with van der Waals surface area (Å²) in [6, 6.07) is 1.17. The molecule has 0 spiro atoms. The van der Waals surface area contributed by atoms with Crippen LogP contribution in [0.5, 0.6) is 11.5 Å². The molecular formula is C21H27N3O6S2. The predicted octanol–water partition coefficient (Wildman–Crippen LogP) is 2.99. The molecule has 0 radical (unpaired) electrons. The van der Waals surface area contributed by atoms with Crippen LogP contribution in [0, 0.1) is 13.8 Å². The van der Waals surface area contributed by atoms with Gasteiger partial charge in [0.25, 0.3) is 0 Å². The summed E-state index contributed by atoms with van der Waals surface area (Å²) in [5.41, 5.74) is 1.26. The number of thioether (sulfide) groups is 1. The molecule has 0 fully saturated rings. The fraction of sp³-hybridized carbons (Fsp3) is 0.524. The molecule has 9 nitrogen and oxygen atoms in total. The third-order valence-corrected chi connectivity index (χ3v) is 6.55. The number of rotatable bonds is 3. The van der Waals surface area contributed by atoms with Crippen molar-refractivity contribution in [3.63, 3.8) is 0 Å². The lowest BCUT2D eigenvalue weighted by molar-refractivity contribution is 0.0108. The summed E-state index contributed by atoms with van der Waals surface area (Å²) in [4.78, 5) is 18.0. The van der Waals surface area contributed by atoms with Gasteiger partial charge in [0.1, 0.15) is 23.6 Å². The number of aromatic hydroxyl groups is 1. The molecule has 2 atom stereocenters. The number of aromatic nitrogens is 2. The highest BCUT2D eigenvalue weighted by Crippen LogP contribution is 2.36. The summed E-state index contributed by atoms with van der Waals surface area (Å²) in [6.45, 7) is 3.17. The average molecular weight is 482 g/mol. The summed E-state index contributed by atoms with van der Waals surface area (Å²) in [5.74, 6) is 1.50.